The van der Waals surface area contributed by atoms with Gasteiger partial charge in [0, 0.05) is 34.5 Å². The molecule has 3 aromatic rings. The lowest BCUT2D eigenvalue weighted by molar-refractivity contribution is -0.121. The minimum Gasteiger partial charge on any atom is -0.453 e. The van der Waals surface area contributed by atoms with Crippen LogP contribution in [0, 0.1) is 5.82 Å². The molecule has 0 atom stereocenters. The van der Waals surface area contributed by atoms with E-state index in [9.17, 15) is 14.0 Å². The number of halogens is 1. The van der Waals surface area contributed by atoms with E-state index in [0.717, 1.165) is 16.8 Å². The van der Waals surface area contributed by atoms with Crippen molar-refractivity contribution >= 4 is 39.8 Å². The first-order chi connectivity index (χ1) is 13.8. The van der Waals surface area contributed by atoms with Crippen molar-refractivity contribution in [2.24, 2.45) is 0 Å². The molecular weight excluding hydrogens is 375 g/mol. The van der Waals surface area contributed by atoms with E-state index in [1.165, 1.54) is 19.2 Å². The van der Waals surface area contributed by atoms with E-state index in [2.05, 4.69) is 25.7 Å². The second kappa shape index (κ2) is 8.14. The Bertz CT molecular complexity index is 1050. The zero-order chi connectivity index (χ0) is 21.0. The molecule has 0 radical (unpaired) electrons. The number of alkyl carbamates (subject to hydrolysis) is 1. The molecule has 29 heavy (non-hydrogen) atoms. The highest BCUT2D eigenvalue weighted by atomic mass is 19.1. The molecule has 3 N–H and O–H groups in total. The first kappa shape index (κ1) is 20.1. The van der Waals surface area contributed by atoms with E-state index in [0.29, 0.717) is 11.1 Å². The average Bonchev–Trinajstić information content (AvgIpc) is 2.71. The topological polar surface area (TPSA) is 92.3 Å². The second-order valence-corrected chi connectivity index (χ2v) is 6.91. The summed E-state index contributed by atoms with van der Waals surface area (Å²) in [6.07, 6.45) is 2.59. The standard InChI is InChI=1S/C21H21FN4O3/c1-21(2,26-20(28)29-3)19(27)25-18-9-8-17(15-10-11-23-12-16(15)18)24-14-6-4-13(22)5-7-14/h4-12,24H,1-3H3,(H,25,27)(H,26,28). The predicted octanol–water partition coefficient (Wildman–Crippen LogP) is 4.19. The van der Waals surface area contributed by atoms with Crippen LogP contribution in [0.4, 0.5) is 26.2 Å². The maximum Gasteiger partial charge on any atom is 0.407 e. The number of carbonyl (C=O) groups is 2. The molecule has 2 aromatic carbocycles. The molecule has 0 aliphatic carbocycles. The van der Waals surface area contributed by atoms with Gasteiger partial charge in [-0.15, -0.1) is 0 Å². The average molecular weight is 396 g/mol. The molecule has 150 valence electrons. The Balaban J connectivity index is 1.89. The van der Waals surface area contributed by atoms with Crippen molar-refractivity contribution in [1.29, 1.82) is 0 Å². The van der Waals surface area contributed by atoms with E-state index in [1.54, 1.807) is 44.4 Å². The third kappa shape index (κ3) is 4.60. The summed E-state index contributed by atoms with van der Waals surface area (Å²) < 4.78 is 17.7. The molecule has 0 saturated carbocycles. The summed E-state index contributed by atoms with van der Waals surface area (Å²) in [4.78, 5) is 28.3. The number of ether oxygens (including phenoxy) is 1. The van der Waals surface area contributed by atoms with Gasteiger partial charge in [0.2, 0.25) is 5.91 Å². The Morgan fingerprint density at radius 3 is 2.38 bits per heavy atom. The number of anilines is 3. The summed E-state index contributed by atoms with van der Waals surface area (Å²) in [5.74, 6) is -0.724. The molecule has 7 nitrogen and oxygen atoms in total. The summed E-state index contributed by atoms with van der Waals surface area (Å²) in [5, 5.41) is 10.1. The Labute approximate surface area is 167 Å². The van der Waals surface area contributed by atoms with Crippen molar-refractivity contribution in [3.05, 3.63) is 60.7 Å². The maximum absolute atomic E-state index is 13.1. The fraction of sp³-hybridized carbons (Fsp3) is 0.190. The van der Waals surface area contributed by atoms with Gasteiger partial charge in [0.1, 0.15) is 11.4 Å². The van der Waals surface area contributed by atoms with Crippen LogP contribution in [0.15, 0.2) is 54.9 Å². The molecule has 3 rings (SSSR count). The molecule has 1 heterocycles. The lowest BCUT2D eigenvalue weighted by Crippen LogP contribution is -2.52. The highest BCUT2D eigenvalue weighted by Crippen LogP contribution is 2.31. The lowest BCUT2D eigenvalue weighted by atomic mass is 10.0. The molecule has 0 fully saturated rings. The summed E-state index contributed by atoms with van der Waals surface area (Å²) in [5.41, 5.74) is 0.860. The SMILES string of the molecule is COC(=O)NC(C)(C)C(=O)Nc1ccc(Nc2ccc(F)cc2)c2ccncc12. The number of benzene rings is 2. The van der Waals surface area contributed by atoms with Gasteiger partial charge < -0.3 is 20.7 Å². The second-order valence-electron chi connectivity index (χ2n) is 6.91. The van der Waals surface area contributed by atoms with Gasteiger partial charge in [-0.3, -0.25) is 9.78 Å². The van der Waals surface area contributed by atoms with Gasteiger partial charge in [0.05, 0.1) is 12.8 Å². The van der Waals surface area contributed by atoms with Crippen molar-refractivity contribution in [2.75, 3.05) is 17.7 Å². The fourth-order valence-electron chi connectivity index (χ4n) is 2.74. The van der Waals surface area contributed by atoms with Gasteiger partial charge in [-0.1, -0.05) is 0 Å². The van der Waals surface area contributed by atoms with Crippen LogP contribution in [-0.2, 0) is 9.53 Å². The summed E-state index contributed by atoms with van der Waals surface area (Å²) in [7, 11) is 1.23. The van der Waals surface area contributed by atoms with Crippen molar-refractivity contribution in [3.8, 4) is 0 Å². The molecule has 0 bridgehead atoms. The zero-order valence-electron chi connectivity index (χ0n) is 16.2. The third-order valence-corrected chi connectivity index (χ3v) is 4.36. The van der Waals surface area contributed by atoms with Gasteiger partial charge in [-0.2, -0.15) is 0 Å². The Hall–Kier alpha value is -3.68. The number of carbonyl (C=O) groups excluding carboxylic acids is 2. The molecule has 8 heteroatoms. The fourth-order valence-corrected chi connectivity index (χ4v) is 2.74. The van der Waals surface area contributed by atoms with Crippen molar-refractivity contribution in [2.45, 2.75) is 19.4 Å². The minimum atomic E-state index is -1.19. The van der Waals surface area contributed by atoms with Crippen LogP contribution in [0.2, 0.25) is 0 Å². The third-order valence-electron chi connectivity index (χ3n) is 4.36. The molecule has 0 unspecified atom stereocenters. The molecule has 0 aliphatic heterocycles. The molecule has 2 amide bonds. The Morgan fingerprint density at radius 2 is 1.69 bits per heavy atom. The normalized spacial score (nSPS) is 11.0. The lowest BCUT2D eigenvalue weighted by Gasteiger charge is -2.24. The smallest absolute Gasteiger partial charge is 0.407 e. The van der Waals surface area contributed by atoms with E-state index in [-0.39, 0.29) is 5.82 Å². The number of nitrogens with one attached hydrogen (secondary N) is 3. The van der Waals surface area contributed by atoms with E-state index in [1.807, 2.05) is 12.1 Å². The number of fused-ring (bicyclic) bond motifs is 1. The van der Waals surface area contributed by atoms with Crippen LogP contribution in [0.5, 0.6) is 0 Å². The van der Waals surface area contributed by atoms with Gasteiger partial charge in [0.25, 0.3) is 0 Å². The number of amides is 2. The highest BCUT2D eigenvalue weighted by Gasteiger charge is 2.30. The zero-order valence-corrected chi connectivity index (χ0v) is 16.2. The van der Waals surface area contributed by atoms with Crippen molar-refractivity contribution in [3.63, 3.8) is 0 Å². The number of pyridine rings is 1. The minimum absolute atomic E-state index is 0.314. The molecule has 0 saturated heterocycles. The van der Waals surface area contributed by atoms with Crippen molar-refractivity contribution < 1.29 is 18.7 Å². The van der Waals surface area contributed by atoms with E-state index in [4.69, 9.17) is 0 Å². The van der Waals surface area contributed by atoms with Crippen LogP contribution < -0.4 is 16.0 Å². The van der Waals surface area contributed by atoms with Crippen LogP contribution in [0.25, 0.3) is 10.8 Å². The van der Waals surface area contributed by atoms with Gasteiger partial charge in [-0.25, -0.2) is 9.18 Å². The number of aromatic nitrogens is 1. The number of nitrogens with zero attached hydrogens (tertiary/aromatic N) is 1. The summed E-state index contributed by atoms with van der Waals surface area (Å²) >= 11 is 0. The first-order valence-corrected chi connectivity index (χ1v) is 8.87. The Kier molecular flexibility index (Phi) is 5.63. The maximum atomic E-state index is 13.1. The number of hydrogen-bond acceptors (Lipinski definition) is 5. The van der Waals surface area contributed by atoms with Crippen LogP contribution >= 0.6 is 0 Å². The summed E-state index contributed by atoms with van der Waals surface area (Å²) in [6, 6.07) is 11.4. The van der Waals surface area contributed by atoms with Crippen LogP contribution in [0.3, 0.4) is 0 Å². The van der Waals surface area contributed by atoms with Gasteiger partial charge in [0.15, 0.2) is 0 Å². The van der Waals surface area contributed by atoms with Gasteiger partial charge >= 0.3 is 6.09 Å². The van der Waals surface area contributed by atoms with Gasteiger partial charge in [-0.05, 0) is 56.3 Å². The first-order valence-electron chi connectivity index (χ1n) is 8.87. The van der Waals surface area contributed by atoms with Crippen LogP contribution in [0.1, 0.15) is 13.8 Å². The van der Waals surface area contributed by atoms with Crippen LogP contribution in [-0.4, -0.2) is 29.6 Å². The number of hydrogen-bond donors (Lipinski definition) is 3. The molecule has 0 spiro atoms. The largest absolute Gasteiger partial charge is 0.453 e. The van der Waals surface area contributed by atoms with E-state index < -0.39 is 17.5 Å². The quantitative estimate of drug-likeness (QED) is 0.601. The molecule has 0 aliphatic rings. The highest BCUT2D eigenvalue weighted by molar-refractivity contribution is 6.09. The van der Waals surface area contributed by atoms with Crippen molar-refractivity contribution in [1.82, 2.24) is 10.3 Å². The van der Waals surface area contributed by atoms with E-state index >= 15 is 0 Å². The monoisotopic (exact) mass is 396 g/mol. The molecular formula is C21H21FN4O3. The number of rotatable bonds is 5. The Morgan fingerprint density at radius 1 is 1.00 bits per heavy atom. The molecule has 1 aromatic heterocycles. The summed E-state index contributed by atoms with van der Waals surface area (Å²) in [6.45, 7) is 3.15. The number of methoxy groups -OCH3 is 1. The predicted molar refractivity (Wildman–Crippen MR) is 110 cm³/mol.